The Balaban J connectivity index is 2.20. The van der Waals surface area contributed by atoms with Crippen molar-refractivity contribution >= 4 is 17.9 Å². The molecule has 0 aliphatic rings. The molecule has 5 N–H and O–H groups in total. The first-order valence-electron chi connectivity index (χ1n) is 14.9. The number of ether oxygens (including phenoxy) is 2. The number of nitrogens with one attached hydrogen (secondary N) is 3. The molecule has 2 atom stereocenters. The second-order valence-corrected chi connectivity index (χ2v) is 11.5. The van der Waals surface area contributed by atoms with Gasteiger partial charge < -0.3 is 25.4 Å². The molecule has 3 amide bonds. The lowest BCUT2D eigenvalue weighted by atomic mass is 10.0. The van der Waals surface area contributed by atoms with E-state index in [0.29, 0.717) is 25.1 Å². The smallest absolute Gasteiger partial charge is 0.408 e. The molecule has 2 aromatic carbocycles. The number of benzene rings is 2. The zero-order valence-corrected chi connectivity index (χ0v) is 26.0. The van der Waals surface area contributed by atoms with Crippen LogP contribution in [0.3, 0.4) is 0 Å². The second-order valence-electron chi connectivity index (χ2n) is 11.5. The second kappa shape index (κ2) is 19.5. The Morgan fingerprint density at radius 2 is 1.48 bits per heavy atom. The van der Waals surface area contributed by atoms with Crippen LogP contribution in [0.15, 0.2) is 54.6 Å². The Hall–Kier alpha value is -3.71. The minimum Gasteiger partial charge on any atom is -0.485 e. The molecule has 0 spiro atoms. The van der Waals surface area contributed by atoms with Crippen molar-refractivity contribution in [2.75, 3.05) is 19.8 Å². The number of aryl methyl sites for hydroxylation is 1. The Kier molecular flexibility index (Phi) is 16.2. The highest BCUT2D eigenvalue weighted by atomic mass is 17.1. The van der Waals surface area contributed by atoms with Crippen LogP contribution in [0.5, 0.6) is 5.75 Å². The van der Waals surface area contributed by atoms with Crippen LogP contribution in [0.25, 0.3) is 0 Å². The minimum absolute atomic E-state index is 0.173. The van der Waals surface area contributed by atoms with E-state index in [9.17, 15) is 14.4 Å². The van der Waals surface area contributed by atoms with Gasteiger partial charge in [-0.05, 0) is 63.3 Å². The quantitative estimate of drug-likeness (QED) is 0.0879. The van der Waals surface area contributed by atoms with E-state index in [1.54, 1.807) is 45.0 Å². The number of unbranched alkanes of at least 4 members (excludes halogenated alkanes) is 2. The van der Waals surface area contributed by atoms with E-state index in [2.05, 4.69) is 32.6 Å². The Morgan fingerprint density at radius 3 is 2.07 bits per heavy atom. The zero-order chi connectivity index (χ0) is 32.4. The van der Waals surface area contributed by atoms with Gasteiger partial charge in [-0.2, -0.15) is 0 Å². The van der Waals surface area contributed by atoms with Crippen LogP contribution in [0.2, 0.25) is 0 Å². The summed E-state index contributed by atoms with van der Waals surface area (Å²) in [6.45, 7) is 7.31. The summed E-state index contributed by atoms with van der Waals surface area (Å²) < 4.78 is 11.0. The van der Waals surface area contributed by atoms with Gasteiger partial charge in [0, 0.05) is 13.0 Å². The summed E-state index contributed by atoms with van der Waals surface area (Å²) in [5, 5.41) is 25.9. The monoisotopic (exact) mass is 617 g/mol. The third kappa shape index (κ3) is 14.6. The van der Waals surface area contributed by atoms with E-state index < -0.39 is 35.8 Å². The number of alkyl carbamates (subject to hydrolysis) is 1. The molecular weight excluding hydrogens is 570 g/mol. The lowest BCUT2D eigenvalue weighted by Crippen LogP contribution is -2.55. The first-order chi connectivity index (χ1) is 21.0. The van der Waals surface area contributed by atoms with Crippen LogP contribution in [-0.2, 0) is 36.9 Å². The van der Waals surface area contributed by atoms with Crippen LogP contribution >= 0.6 is 0 Å². The molecule has 12 heteroatoms. The zero-order valence-electron chi connectivity index (χ0n) is 26.0. The predicted molar refractivity (Wildman–Crippen MR) is 164 cm³/mol. The lowest BCUT2D eigenvalue weighted by molar-refractivity contribution is -0.286. The fourth-order valence-electron chi connectivity index (χ4n) is 4.28. The molecule has 2 rings (SSSR count). The average Bonchev–Trinajstić information content (AvgIpc) is 2.97. The third-order valence-electron chi connectivity index (χ3n) is 6.47. The van der Waals surface area contributed by atoms with Crippen molar-refractivity contribution in [2.24, 2.45) is 0 Å². The molecular formula is C32H47N3O9. The summed E-state index contributed by atoms with van der Waals surface area (Å²) in [6.07, 6.45) is 2.28. The SMILES string of the molecule is CCCCCNC(=O)C(Cc1ccc(OC(COO)COO)cc1)NC(=O)C(CCc1ccccc1)NC(=O)OC(C)(C)C. The van der Waals surface area contributed by atoms with E-state index in [1.165, 1.54) is 0 Å². The minimum atomic E-state index is -0.948. The number of rotatable bonds is 19. The maximum Gasteiger partial charge on any atom is 0.408 e. The van der Waals surface area contributed by atoms with Gasteiger partial charge in [0.05, 0.1) is 0 Å². The Morgan fingerprint density at radius 1 is 0.818 bits per heavy atom. The summed E-state index contributed by atoms with van der Waals surface area (Å²) in [5.74, 6) is -0.426. The van der Waals surface area contributed by atoms with Crippen molar-refractivity contribution in [1.82, 2.24) is 16.0 Å². The van der Waals surface area contributed by atoms with Crippen molar-refractivity contribution < 1.29 is 44.1 Å². The summed E-state index contributed by atoms with van der Waals surface area (Å²) in [7, 11) is 0. The normalized spacial score (nSPS) is 12.7. The third-order valence-corrected chi connectivity index (χ3v) is 6.47. The van der Waals surface area contributed by atoms with Gasteiger partial charge in [-0.25, -0.2) is 14.6 Å². The molecule has 0 fully saturated rings. The molecule has 0 bridgehead atoms. The van der Waals surface area contributed by atoms with Gasteiger partial charge in [0.2, 0.25) is 11.8 Å². The maximum absolute atomic E-state index is 13.6. The van der Waals surface area contributed by atoms with Gasteiger partial charge >= 0.3 is 6.09 Å². The van der Waals surface area contributed by atoms with E-state index in [0.717, 1.165) is 30.4 Å². The van der Waals surface area contributed by atoms with Gasteiger partial charge in [0.1, 0.15) is 36.6 Å². The first kappa shape index (κ1) is 36.5. The molecule has 0 aromatic heterocycles. The fraction of sp³-hybridized carbons (Fsp3) is 0.531. The standard InChI is InChI=1S/C32H47N3O9/c1-5-6-10-19-33-29(36)28(20-24-13-16-25(17-14-24)43-26(21-41-39)22-42-40)34-30(37)27(35-31(38)44-32(2,3)4)18-15-23-11-8-7-9-12-23/h7-9,11-14,16-17,26-28,39-40H,5-6,10,15,18-22H2,1-4H3,(H,33,36)(H,34,37)(H,35,38). The highest BCUT2D eigenvalue weighted by Crippen LogP contribution is 2.16. The molecule has 0 heterocycles. The number of hydrogen-bond acceptors (Lipinski definition) is 9. The van der Waals surface area contributed by atoms with Gasteiger partial charge in [-0.3, -0.25) is 20.1 Å². The largest absolute Gasteiger partial charge is 0.485 e. The van der Waals surface area contributed by atoms with Crippen LogP contribution in [0, 0.1) is 0 Å². The van der Waals surface area contributed by atoms with E-state index >= 15 is 0 Å². The summed E-state index contributed by atoms with van der Waals surface area (Å²) in [5.41, 5.74) is 0.986. The Bertz CT molecular complexity index is 1120. The van der Waals surface area contributed by atoms with Crippen molar-refractivity contribution in [3.63, 3.8) is 0 Å². The van der Waals surface area contributed by atoms with Crippen LogP contribution in [0.4, 0.5) is 4.79 Å². The summed E-state index contributed by atoms with van der Waals surface area (Å²) >= 11 is 0. The van der Waals surface area contributed by atoms with Crippen molar-refractivity contribution in [3.05, 3.63) is 65.7 Å². The topological polar surface area (TPSA) is 165 Å². The predicted octanol–water partition coefficient (Wildman–Crippen LogP) is 4.27. The van der Waals surface area contributed by atoms with E-state index in [-0.39, 0.29) is 25.5 Å². The molecule has 0 saturated carbocycles. The highest BCUT2D eigenvalue weighted by molar-refractivity contribution is 5.91. The molecule has 2 unspecified atom stereocenters. The highest BCUT2D eigenvalue weighted by Gasteiger charge is 2.28. The molecule has 0 aliphatic carbocycles. The number of carbonyl (C=O) groups is 3. The summed E-state index contributed by atoms with van der Waals surface area (Å²) in [6, 6.07) is 14.5. The molecule has 2 aromatic rings. The van der Waals surface area contributed by atoms with Gasteiger partial charge in [0.15, 0.2) is 6.10 Å². The number of carbonyl (C=O) groups excluding carboxylic acids is 3. The molecule has 12 nitrogen and oxygen atoms in total. The van der Waals surface area contributed by atoms with Gasteiger partial charge in [-0.1, -0.05) is 62.2 Å². The molecule has 44 heavy (non-hydrogen) atoms. The molecule has 244 valence electrons. The molecule has 0 radical (unpaired) electrons. The van der Waals surface area contributed by atoms with Crippen LogP contribution in [0.1, 0.15) is 64.5 Å². The first-order valence-corrected chi connectivity index (χ1v) is 14.9. The summed E-state index contributed by atoms with van der Waals surface area (Å²) in [4.78, 5) is 47.7. The van der Waals surface area contributed by atoms with Crippen LogP contribution < -0.4 is 20.7 Å². The lowest BCUT2D eigenvalue weighted by Gasteiger charge is -2.25. The average molecular weight is 618 g/mol. The van der Waals surface area contributed by atoms with Crippen molar-refractivity contribution in [2.45, 2.75) is 90.0 Å². The van der Waals surface area contributed by atoms with Crippen molar-refractivity contribution in [3.8, 4) is 5.75 Å². The number of amides is 3. The van der Waals surface area contributed by atoms with E-state index in [1.807, 2.05) is 30.3 Å². The van der Waals surface area contributed by atoms with Gasteiger partial charge in [-0.15, -0.1) is 0 Å². The van der Waals surface area contributed by atoms with Gasteiger partial charge in [0.25, 0.3) is 0 Å². The molecule has 0 saturated heterocycles. The van der Waals surface area contributed by atoms with Crippen LogP contribution in [-0.4, -0.2) is 72.0 Å². The Labute approximate surface area is 259 Å². The maximum atomic E-state index is 13.6. The number of hydrogen-bond donors (Lipinski definition) is 5. The molecule has 0 aliphatic heterocycles. The van der Waals surface area contributed by atoms with E-state index in [4.69, 9.17) is 20.0 Å². The van der Waals surface area contributed by atoms with Crippen molar-refractivity contribution in [1.29, 1.82) is 0 Å². The fourth-order valence-corrected chi connectivity index (χ4v) is 4.28.